The molecule has 2 aromatic rings. The number of rotatable bonds is 4. The zero-order valence-electron chi connectivity index (χ0n) is 10.7. The maximum absolute atomic E-state index is 11.3. The lowest BCUT2D eigenvalue weighted by atomic mass is 10.0. The van der Waals surface area contributed by atoms with E-state index >= 15 is 0 Å². The molecule has 1 aliphatic heterocycles. The van der Waals surface area contributed by atoms with Crippen LogP contribution in [-0.4, -0.2) is 10.9 Å². The van der Waals surface area contributed by atoms with Crippen LogP contribution in [0.25, 0.3) is 0 Å². The summed E-state index contributed by atoms with van der Waals surface area (Å²) in [7, 11) is 0. The number of ether oxygens (including phenoxy) is 1. The van der Waals surface area contributed by atoms with Crippen LogP contribution in [0.2, 0.25) is 0 Å². The van der Waals surface area contributed by atoms with Gasteiger partial charge in [-0.3, -0.25) is 10.2 Å². The van der Waals surface area contributed by atoms with E-state index in [4.69, 9.17) is 10.6 Å². The Morgan fingerprint density at radius 3 is 3.15 bits per heavy atom. The second-order valence-corrected chi connectivity index (χ2v) is 5.55. The van der Waals surface area contributed by atoms with Gasteiger partial charge in [0.05, 0.1) is 4.88 Å². The average Bonchev–Trinajstić information content (AvgIpc) is 2.93. The first-order chi connectivity index (χ1) is 9.74. The molecule has 1 aromatic carbocycles. The summed E-state index contributed by atoms with van der Waals surface area (Å²) in [6.07, 6.45) is 3.01. The van der Waals surface area contributed by atoms with E-state index in [0.29, 0.717) is 18.2 Å². The van der Waals surface area contributed by atoms with Crippen LogP contribution >= 0.6 is 11.3 Å². The second-order valence-electron chi connectivity index (χ2n) is 4.43. The van der Waals surface area contributed by atoms with Gasteiger partial charge in [0.1, 0.15) is 12.4 Å². The lowest BCUT2D eigenvalue weighted by Gasteiger charge is -2.17. The van der Waals surface area contributed by atoms with E-state index in [-0.39, 0.29) is 5.91 Å². The number of nitrogens with zero attached hydrogens (tertiary/aromatic N) is 1. The molecule has 0 atom stereocenters. The van der Waals surface area contributed by atoms with Crippen LogP contribution < -0.4 is 21.3 Å². The highest BCUT2D eigenvalue weighted by molar-refractivity contribution is 7.15. The topological polar surface area (TPSA) is 89.3 Å². The number of benzene rings is 1. The number of hydrazine groups is 1. The minimum absolute atomic E-state index is 0.0673. The fourth-order valence-electron chi connectivity index (χ4n) is 2.04. The van der Waals surface area contributed by atoms with Crippen molar-refractivity contribution in [2.24, 2.45) is 5.84 Å². The maximum atomic E-state index is 11.3. The zero-order valence-corrected chi connectivity index (χ0v) is 11.5. The number of hydrogen-bond donors (Lipinski definition) is 3. The van der Waals surface area contributed by atoms with E-state index in [1.165, 1.54) is 11.3 Å². The van der Waals surface area contributed by atoms with E-state index in [1.54, 1.807) is 6.20 Å². The molecule has 0 aliphatic carbocycles. The van der Waals surface area contributed by atoms with Gasteiger partial charge < -0.3 is 10.1 Å². The Hall–Kier alpha value is -2.12. The summed E-state index contributed by atoms with van der Waals surface area (Å²) in [5, 5.41) is 3.51. The molecule has 1 aromatic heterocycles. The minimum Gasteiger partial charge on any atom is -0.488 e. The molecule has 1 aliphatic rings. The van der Waals surface area contributed by atoms with Gasteiger partial charge in [0.25, 0.3) is 0 Å². The number of nitrogen functional groups attached to an aromatic ring is 1. The normalized spacial score (nSPS) is 13.6. The summed E-state index contributed by atoms with van der Waals surface area (Å²) in [6, 6.07) is 5.70. The Balaban J connectivity index is 1.67. The summed E-state index contributed by atoms with van der Waals surface area (Å²) in [4.78, 5) is 16.4. The molecular formula is C13H14N4O2S. The molecule has 3 rings (SSSR count). The van der Waals surface area contributed by atoms with Crippen molar-refractivity contribution in [1.82, 2.24) is 4.98 Å². The second kappa shape index (κ2) is 5.48. The van der Waals surface area contributed by atoms with Gasteiger partial charge in [-0.25, -0.2) is 10.8 Å². The van der Waals surface area contributed by atoms with Crippen molar-refractivity contribution >= 4 is 28.1 Å². The first-order valence-electron chi connectivity index (χ1n) is 6.21. The van der Waals surface area contributed by atoms with Crippen molar-refractivity contribution in [3.8, 4) is 5.75 Å². The first-order valence-corrected chi connectivity index (χ1v) is 7.03. The number of nitrogens with two attached hydrogens (primary N) is 1. The van der Waals surface area contributed by atoms with Gasteiger partial charge in [-0.1, -0.05) is 11.3 Å². The standard InChI is InChI=1S/C13H14N4O2S/c14-17-13-15-6-10(20-13)7-19-9-2-3-11-8(5-9)1-4-12(18)16-11/h2-3,5-6H,1,4,7,14H2,(H,15,17)(H,16,18). The van der Waals surface area contributed by atoms with Crippen molar-refractivity contribution in [3.05, 3.63) is 34.8 Å². The molecule has 0 spiro atoms. The van der Waals surface area contributed by atoms with E-state index < -0.39 is 0 Å². The predicted molar refractivity (Wildman–Crippen MR) is 77.6 cm³/mol. The number of aryl methyl sites for hydroxylation is 1. The SMILES string of the molecule is NNc1ncc(COc2ccc3c(c2)CCC(=O)N3)s1. The molecule has 0 radical (unpaired) electrons. The van der Waals surface area contributed by atoms with E-state index in [0.717, 1.165) is 28.3 Å². The molecule has 2 heterocycles. The van der Waals surface area contributed by atoms with Gasteiger partial charge in [0.15, 0.2) is 5.13 Å². The molecule has 6 nitrogen and oxygen atoms in total. The molecule has 0 saturated heterocycles. The van der Waals surface area contributed by atoms with E-state index in [2.05, 4.69) is 15.7 Å². The number of aromatic nitrogens is 1. The monoisotopic (exact) mass is 290 g/mol. The number of amides is 1. The minimum atomic E-state index is 0.0673. The summed E-state index contributed by atoms with van der Waals surface area (Å²) in [5.74, 6) is 6.14. The third-order valence-corrected chi connectivity index (χ3v) is 3.93. The van der Waals surface area contributed by atoms with Crippen LogP contribution in [-0.2, 0) is 17.8 Å². The molecule has 0 saturated carbocycles. The molecule has 0 bridgehead atoms. The fourth-order valence-corrected chi connectivity index (χ4v) is 2.68. The number of carbonyl (C=O) groups is 1. The fraction of sp³-hybridized carbons (Fsp3) is 0.231. The maximum Gasteiger partial charge on any atom is 0.224 e. The van der Waals surface area contributed by atoms with Crippen molar-refractivity contribution < 1.29 is 9.53 Å². The average molecular weight is 290 g/mol. The van der Waals surface area contributed by atoms with Gasteiger partial charge >= 0.3 is 0 Å². The Morgan fingerprint density at radius 1 is 1.45 bits per heavy atom. The Kier molecular flexibility index (Phi) is 3.53. The Labute approximate surface area is 119 Å². The van der Waals surface area contributed by atoms with E-state index in [9.17, 15) is 4.79 Å². The number of thiazole rings is 1. The molecule has 1 amide bonds. The number of carbonyl (C=O) groups excluding carboxylic acids is 1. The van der Waals surface area contributed by atoms with Crippen LogP contribution in [0, 0.1) is 0 Å². The molecule has 0 fully saturated rings. The summed E-state index contributed by atoms with van der Waals surface area (Å²) in [6.45, 7) is 0.449. The van der Waals surface area contributed by atoms with Crippen molar-refractivity contribution in [1.29, 1.82) is 0 Å². The van der Waals surface area contributed by atoms with Gasteiger partial charge in [0, 0.05) is 18.3 Å². The highest BCUT2D eigenvalue weighted by Crippen LogP contribution is 2.27. The zero-order chi connectivity index (χ0) is 13.9. The number of nitrogens with one attached hydrogen (secondary N) is 2. The van der Waals surface area contributed by atoms with Crippen LogP contribution in [0.4, 0.5) is 10.8 Å². The van der Waals surface area contributed by atoms with Crippen LogP contribution in [0.1, 0.15) is 16.9 Å². The quantitative estimate of drug-likeness (QED) is 0.591. The summed E-state index contributed by atoms with van der Waals surface area (Å²) in [5.41, 5.74) is 4.49. The van der Waals surface area contributed by atoms with Crippen molar-refractivity contribution in [2.45, 2.75) is 19.4 Å². The van der Waals surface area contributed by atoms with Gasteiger partial charge in [-0.05, 0) is 30.2 Å². The van der Waals surface area contributed by atoms with Gasteiger partial charge in [-0.2, -0.15) is 0 Å². The molecule has 0 unspecified atom stereocenters. The van der Waals surface area contributed by atoms with Gasteiger partial charge in [0.2, 0.25) is 5.91 Å². The smallest absolute Gasteiger partial charge is 0.224 e. The first kappa shape index (κ1) is 12.9. The Bertz CT molecular complexity index is 641. The highest BCUT2D eigenvalue weighted by Gasteiger charge is 2.15. The largest absolute Gasteiger partial charge is 0.488 e. The lowest BCUT2D eigenvalue weighted by molar-refractivity contribution is -0.116. The van der Waals surface area contributed by atoms with Crippen LogP contribution in [0.3, 0.4) is 0 Å². The lowest BCUT2D eigenvalue weighted by Crippen LogP contribution is -2.18. The van der Waals surface area contributed by atoms with Crippen LogP contribution in [0.5, 0.6) is 5.75 Å². The molecular weight excluding hydrogens is 276 g/mol. The van der Waals surface area contributed by atoms with Gasteiger partial charge in [-0.15, -0.1) is 0 Å². The predicted octanol–water partition coefficient (Wildman–Crippen LogP) is 1.89. The third kappa shape index (κ3) is 2.73. The molecule has 104 valence electrons. The number of hydrogen-bond acceptors (Lipinski definition) is 6. The summed E-state index contributed by atoms with van der Waals surface area (Å²) >= 11 is 1.45. The molecule has 4 N–H and O–H groups in total. The van der Waals surface area contributed by atoms with Crippen molar-refractivity contribution in [2.75, 3.05) is 10.7 Å². The molecule has 7 heteroatoms. The van der Waals surface area contributed by atoms with E-state index in [1.807, 2.05) is 18.2 Å². The molecule has 20 heavy (non-hydrogen) atoms. The van der Waals surface area contributed by atoms with Crippen LogP contribution in [0.15, 0.2) is 24.4 Å². The number of anilines is 2. The number of fused-ring (bicyclic) bond motifs is 1. The third-order valence-electron chi connectivity index (χ3n) is 3.03. The summed E-state index contributed by atoms with van der Waals surface area (Å²) < 4.78 is 5.73. The van der Waals surface area contributed by atoms with Crippen molar-refractivity contribution in [3.63, 3.8) is 0 Å². The highest BCUT2D eigenvalue weighted by atomic mass is 32.1. The Morgan fingerprint density at radius 2 is 2.35 bits per heavy atom.